The fourth-order valence-electron chi connectivity index (χ4n) is 6.20. The molecule has 0 spiro atoms. The molecule has 0 aliphatic carbocycles. The van der Waals surface area contributed by atoms with Crippen molar-refractivity contribution in [1.82, 2.24) is 9.88 Å². The highest BCUT2D eigenvalue weighted by Crippen LogP contribution is 2.41. The van der Waals surface area contributed by atoms with Crippen LogP contribution in [0.2, 0.25) is 0 Å². The van der Waals surface area contributed by atoms with Gasteiger partial charge in [-0.25, -0.2) is 9.37 Å². The van der Waals surface area contributed by atoms with Gasteiger partial charge in [-0.15, -0.1) is 0 Å². The van der Waals surface area contributed by atoms with E-state index >= 15 is 0 Å². The number of hydrogen-bond donors (Lipinski definition) is 2. The highest BCUT2D eigenvalue weighted by molar-refractivity contribution is 5.77. The maximum Gasteiger partial charge on any atom is 0.325 e. The smallest absolute Gasteiger partial charge is 0.325 e. The number of carboxylic acids is 1. The second-order valence-corrected chi connectivity index (χ2v) is 11.3. The number of carbonyl (C=O) groups is 1. The number of pyridine rings is 1. The Labute approximate surface area is 229 Å². The van der Waals surface area contributed by atoms with Crippen molar-refractivity contribution < 1.29 is 28.5 Å². The number of halogens is 1. The topological polar surface area (TPSA) is 93.2 Å². The highest BCUT2D eigenvalue weighted by Gasteiger charge is 2.42. The van der Waals surface area contributed by atoms with Crippen LogP contribution in [-0.2, 0) is 39.1 Å². The van der Waals surface area contributed by atoms with Crippen molar-refractivity contribution in [2.24, 2.45) is 0 Å². The molecule has 2 aromatic rings. The van der Waals surface area contributed by atoms with Gasteiger partial charge in [-0.2, -0.15) is 0 Å². The number of unbranched alkanes of at least 4 members (excludes halogenated alkanes) is 2. The van der Waals surface area contributed by atoms with Crippen LogP contribution in [0.1, 0.15) is 73.5 Å². The van der Waals surface area contributed by atoms with Gasteiger partial charge in [0.2, 0.25) is 0 Å². The molecule has 9 heteroatoms. The summed E-state index contributed by atoms with van der Waals surface area (Å²) in [7, 11) is 1.72. The molecule has 1 aromatic heterocycles. The number of nitrogens with one attached hydrogen (secondary N) is 1. The van der Waals surface area contributed by atoms with Gasteiger partial charge in [-0.3, -0.25) is 9.69 Å². The Morgan fingerprint density at radius 1 is 1.26 bits per heavy atom. The van der Waals surface area contributed by atoms with E-state index in [2.05, 4.69) is 11.4 Å². The van der Waals surface area contributed by atoms with Crippen LogP contribution in [0, 0.1) is 5.82 Å². The Kier molecular flexibility index (Phi) is 8.40. The zero-order valence-electron chi connectivity index (χ0n) is 23.2. The molecule has 8 nitrogen and oxygen atoms in total. The van der Waals surface area contributed by atoms with Gasteiger partial charge < -0.3 is 24.6 Å². The fraction of sp³-hybridized carbons (Fsp3) is 0.600. The van der Waals surface area contributed by atoms with Crippen LogP contribution in [-0.4, -0.2) is 67.0 Å². The molecule has 1 saturated heterocycles. The van der Waals surface area contributed by atoms with Crippen molar-refractivity contribution in [3.8, 4) is 5.75 Å². The van der Waals surface area contributed by atoms with Crippen molar-refractivity contribution >= 4 is 11.8 Å². The molecule has 3 aliphatic heterocycles. The van der Waals surface area contributed by atoms with Crippen LogP contribution in [0.15, 0.2) is 18.2 Å². The van der Waals surface area contributed by atoms with Crippen LogP contribution in [0.25, 0.3) is 0 Å². The lowest BCUT2D eigenvalue weighted by Gasteiger charge is -2.44. The summed E-state index contributed by atoms with van der Waals surface area (Å²) in [5.41, 5.74) is 3.68. The van der Waals surface area contributed by atoms with E-state index in [1.165, 1.54) is 17.7 Å². The van der Waals surface area contributed by atoms with Gasteiger partial charge in [0.15, 0.2) is 0 Å². The second-order valence-electron chi connectivity index (χ2n) is 11.3. The van der Waals surface area contributed by atoms with Gasteiger partial charge in [0.1, 0.15) is 23.4 Å². The number of carboxylic acid groups (broad SMARTS) is 1. The lowest BCUT2D eigenvalue weighted by Crippen LogP contribution is -2.55. The van der Waals surface area contributed by atoms with Gasteiger partial charge >= 0.3 is 5.97 Å². The van der Waals surface area contributed by atoms with E-state index in [0.29, 0.717) is 38.3 Å². The van der Waals surface area contributed by atoms with Gasteiger partial charge in [0.05, 0.1) is 25.4 Å². The minimum atomic E-state index is -0.981. The predicted molar refractivity (Wildman–Crippen MR) is 146 cm³/mol. The van der Waals surface area contributed by atoms with Crippen molar-refractivity contribution in [1.29, 1.82) is 0 Å². The molecule has 1 unspecified atom stereocenters. The van der Waals surface area contributed by atoms with E-state index < -0.39 is 23.4 Å². The molecule has 1 atom stereocenters. The van der Waals surface area contributed by atoms with Gasteiger partial charge in [0.25, 0.3) is 0 Å². The molecule has 0 radical (unpaired) electrons. The summed E-state index contributed by atoms with van der Waals surface area (Å²) in [5, 5.41) is 13.5. The van der Waals surface area contributed by atoms with Crippen molar-refractivity contribution in [3.05, 3.63) is 52.0 Å². The van der Waals surface area contributed by atoms with E-state index in [1.54, 1.807) is 7.11 Å². The lowest BCUT2D eigenvalue weighted by atomic mass is 9.82. The Bertz CT molecular complexity index is 1180. The average molecular weight is 542 g/mol. The van der Waals surface area contributed by atoms with Crippen molar-refractivity contribution in [3.63, 3.8) is 0 Å². The summed E-state index contributed by atoms with van der Waals surface area (Å²) < 4.78 is 32.0. The monoisotopic (exact) mass is 541 g/mol. The standard InChI is InChI=1S/C30H40FN3O5/c1-30(2)26-19(10-13-39-30)14-20(31)15-24(26)27(29(35)36)34-17-22(18-34)38-12-6-4-5-8-21-16-25(37-3)23-9-7-11-32-28(23)33-21/h14-16,22,27H,4-13,17-18H2,1-3H3,(H,32,33)(H,35,36). The first-order valence-corrected chi connectivity index (χ1v) is 14.1. The van der Waals surface area contributed by atoms with E-state index in [-0.39, 0.29) is 6.10 Å². The van der Waals surface area contributed by atoms with Crippen LogP contribution in [0.4, 0.5) is 10.2 Å². The third kappa shape index (κ3) is 6.05. The number of methoxy groups -OCH3 is 1. The van der Waals surface area contributed by atoms with Crippen LogP contribution in [0.3, 0.4) is 0 Å². The minimum absolute atomic E-state index is 0.0156. The molecular weight excluding hydrogens is 501 g/mol. The van der Waals surface area contributed by atoms with E-state index in [9.17, 15) is 14.3 Å². The maximum atomic E-state index is 14.5. The summed E-state index contributed by atoms with van der Waals surface area (Å²) in [6.07, 6.45) is 6.51. The summed E-state index contributed by atoms with van der Waals surface area (Å²) >= 11 is 0. The van der Waals surface area contributed by atoms with Crippen LogP contribution < -0.4 is 10.1 Å². The largest absolute Gasteiger partial charge is 0.496 e. The number of benzene rings is 1. The number of aryl methyl sites for hydroxylation is 1. The molecule has 0 bridgehead atoms. The molecule has 2 N–H and O–H groups in total. The van der Waals surface area contributed by atoms with Crippen molar-refractivity contribution in [2.75, 3.05) is 45.3 Å². The van der Waals surface area contributed by atoms with E-state index in [1.807, 2.05) is 18.7 Å². The summed E-state index contributed by atoms with van der Waals surface area (Å²) in [4.78, 5) is 19.0. The number of ether oxygens (including phenoxy) is 3. The predicted octanol–water partition coefficient (Wildman–Crippen LogP) is 4.63. The SMILES string of the molecule is COc1cc(CCCCCOC2CN(C(C(=O)O)c3cc(F)cc4c3C(C)(C)OCC4)C2)nc2c1CCCN2. The lowest BCUT2D eigenvalue weighted by molar-refractivity contribution is -0.151. The molecule has 5 rings (SSSR count). The molecule has 1 aromatic carbocycles. The molecule has 39 heavy (non-hydrogen) atoms. The van der Waals surface area contributed by atoms with E-state index in [0.717, 1.165) is 73.5 Å². The Balaban J connectivity index is 1.09. The summed E-state index contributed by atoms with van der Waals surface area (Å²) in [6, 6.07) is 4.02. The number of aliphatic carboxylic acids is 1. The van der Waals surface area contributed by atoms with Crippen LogP contribution in [0.5, 0.6) is 5.75 Å². The summed E-state index contributed by atoms with van der Waals surface area (Å²) in [6.45, 7) is 6.94. The van der Waals surface area contributed by atoms with Gasteiger partial charge in [-0.1, -0.05) is 6.42 Å². The number of likely N-dealkylation sites (tertiary alicyclic amines) is 1. The van der Waals surface area contributed by atoms with Crippen LogP contribution >= 0.6 is 0 Å². The molecule has 0 saturated carbocycles. The summed E-state index contributed by atoms with van der Waals surface area (Å²) in [5.74, 6) is 0.504. The highest BCUT2D eigenvalue weighted by atomic mass is 19.1. The second kappa shape index (κ2) is 11.8. The quantitative estimate of drug-likeness (QED) is 0.398. The first kappa shape index (κ1) is 27.8. The zero-order chi connectivity index (χ0) is 27.6. The molecule has 4 heterocycles. The number of fused-ring (bicyclic) bond motifs is 2. The number of nitrogens with zero attached hydrogens (tertiary/aromatic N) is 2. The first-order valence-electron chi connectivity index (χ1n) is 14.1. The molecule has 1 fully saturated rings. The molecule has 3 aliphatic rings. The van der Waals surface area contributed by atoms with Gasteiger partial charge in [0, 0.05) is 43.6 Å². The number of hydrogen-bond acceptors (Lipinski definition) is 7. The maximum absolute atomic E-state index is 14.5. The number of rotatable bonds is 11. The molecule has 0 amide bonds. The molecular formula is C30H40FN3O5. The Morgan fingerprint density at radius 2 is 2.08 bits per heavy atom. The third-order valence-corrected chi connectivity index (χ3v) is 8.10. The average Bonchev–Trinajstić information content (AvgIpc) is 2.87. The third-order valence-electron chi connectivity index (χ3n) is 8.10. The fourth-order valence-corrected chi connectivity index (χ4v) is 6.20. The van der Waals surface area contributed by atoms with Crippen molar-refractivity contribution in [2.45, 2.75) is 76.5 Å². The Morgan fingerprint density at radius 3 is 2.85 bits per heavy atom. The van der Waals surface area contributed by atoms with E-state index in [4.69, 9.17) is 19.2 Å². The normalized spacial score (nSPS) is 19.4. The van der Waals surface area contributed by atoms with Gasteiger partial charge in [-0.05, 0) is 81.2 Å². The zero-order valence-corrected chi connectivity index (χ0v) is 23.2. The molecule has 212 valence electrons. The first-order chi connectivity index (χ1) is 18.8. The number of anilines is 1. The minimum Gasteiger partial charge on any atom is -0.496 e. The Hall–Kier alpha value is -2.75. The number of aromatic nitrogens is 1.